The Labute approximate surface area is 153 Å². The van der Waals surface area contributed by atoms with Gasteiger partial charge in [-0.15, -0.1) is 0 Å². The second-order valence-corrected chi connectivity index (χ2v) is 7.36. The molecule has 1 atom stereocenters. The number of alkyl carbamates (subject to hydrolysis) is 1. The van der Waals surface area contributed by atoms with Crippen LogP contribution < -0.4 is 11.1 Å². The molecule has 1 fully saturated rings. The summed E-state index contributed by atoms with van der Waals surface area (Å²) >= 11 is 0. The third-order valence-corrected chi connectivity index (χ3v) is 5.10. The lowest BCUT2D eigenvalue weighted by atomic mass is 9.69. The number of carbonyl (C=O) groups excluding carboxylic acids is 1. The molecule has 0 aromatic heterocycles. The molecular formula is C19H26FN3O3. The number of nitrogen functional groups attached to an aromatic ring is 1. The fourth-order valence-electron chi connectivity index (χ4n) is 3.60. The van der Waals surface area contributed by atoms with Crippen LogP contribution in [-0.4, -0.2) is 24.3 Å². The molecule has 0 bridgehead atoms. The molecule has 1 aliphatic carbocycles. The molecule has 26 heavy (non-hydrogen) atoms. The van der Waals surface area contributed by atoms with E-state index in [0.29, 0.717) is 24.3 Å². The minimum Gasteiger partial charge on any atom is -0.458 e. The first-order chi connectivity index (χ1) is 12.4. The number of nitrogens with zero attached hydrogens (tertiary/aromatic N) is 1. The average molecular weight is 363 g/mol. The summed E-state index contributed by atoms with van der Waals surface area (Å²) < 4.78 is 25.6. The second-order valence-electron chi connectivity index (χ2n) is 7.36. The molecule has 3 N–H and O–H groups in total. The number of hydrogen-bond acceptors (Lipinski definition) is 5. The maximum atomic E-state index is 14.5. The number of anilines is 1. The Hall–Kier alpha value is -2.31. The van der Waals surface area contributed by atoms with Crippen LogP contribution in [0.5, 0.6) is 0 Å². The van der Waals surface area contributed by atoms with Gasteiger partial charge in [-0.3, -0.25) is 0 Å². The van der Waals surface area contributed by atoms with Crippen molar-refractivity contribution < 1.29 is 18.7 Å². The average Bonchev–Trinajstić information content (AvgIpc) is 2.55. The van der Waals surface area contributed by atoms with Gasteiger partial charge in [0.05, 0.1) is 12.1 Å². The highest BCUT2D eigenvalue weighted by Gasteiger charge is 2.50. The van der Waals surface area contributed by atoms with Gasteiger partial charge >= 0.3 is 6.09 Å². The number of nitrogens with one attached hydrogen (secondary N) is 1. The van der Waals surface area contributed by atoms with Gasteiger partial charge in [0.25, 0.3) is 6.02 Å². The highest BCUT2D eigenvalue weighted by atomic mass is 19.1. The van der Waals surface area contributed by atoms with Gasteiger partial charge < -0.3 is 15.2 Å². The molecule has 2 aliphatic rings. The molecule has 0 saturated heterocycles. The van der Waals surface area contributed by atoms with Crippen molar-refractivity contribution in [2.45, 2.75) is 63.5 Å². The summed E-state index contributed by atoms with van der Waals surface area (Å²) in [5.74, 6) is -0.369. The Bertz CT molecular complexity index is 718. The van der Waals surface area contributed by atoms with Crippen molar-refractivity contribution in [3.8, 4) is 0 Å². The number of nitrogens with two attached hydrogens (primary N) is 1. The Balaban J connectivity index is 1.86. The molecular weight excluding hydrogens is 337 g/mol. The van der Waals surface area contributed by atoms with E-state index in [0.717, 1.165) is 32.1 Å². The van der Waals surface area contributed by atoms with Crippen LogP contribution in [0.25, 0.3) is 0 Å². The van der Waals surface area contributed by atoms with Crippen LogP contribution >= 0.6 is 0 Å². The van der Waals surface area contributed by atoms with Crippen LogP contribution in [0, 0.1) is 5.82 Å². The molecule has 1 aliphatic heterocycles. The van der Waals surface area contributed by atoms with E-state index in [-0.39, 0.29) is 11.8 Å². The second kappa shape index (κ2) is 7.13. The molecule has 7 heteroatoms. The van der Waals surface area contributed by atoms with Gasteiger partial charge in [-0.05, 0) is 50.8 Å². The van der Waals surface area contributed by atoms with Gasteiger partial charge in [0.15, 0.2) is 0 Å². The Morgan fingerprint density at radius 2 is 2.23 bits per heavy atom. The predicted molar refractivity (Wildman–Crippen MR) is 97.3 cm³/mol. The quantitative estimate of drug-likeness (QED) is 0.628. The summed E-state index contributed by atoms with van der Waals surface area (Å²) in [6.45, 7) is 4.20. The molecule has 1 amide bonds. The van der Waals surface area contributed by atoms with Crippen molar-refractivity contribution in [3.63, 3.8) is 0 Å². The van der Waals surface area contributed by atoms with E-state index in [2.05, 4.69) is 10.3 Å². The third-order valence-electron chi connectivity index (χ3n) is 5.10. The van der Waals surface area contributed by atoms with Gasteiger partial charge in [-0.2, -0.15) is 0 Å². The zero-order chi connectivity index (χ0) is 18.8. The van der Waals surface area contributed by atoms with Crippen LogP contribution in [0.15, 0.2) is 23.2 Å². The number of carbonyl (C=O) groups is 1. The van der Waals surface area contributed by atoms with Crippen LogP contribution in [0.1, 0.15) is 57.9 Å². The molecule has 0 radical (unpaired) electrons. The minimum absolute atomic E-state index is 0.0850. The van der Waals surface area contributed by atoms with Crippen LogP contribution in [-0.2, 0) is 15.0 Å². The van der Waals surface area contributed by atoms with Crippen molar-refractivity contribution >= 4 is 17.8 Å². The number of aliphatic imine (C=N–C) groups is 1. The largest absolute Gasteiger partial charge is 0.458 e. The SMILES string of the molecule is CCCCOC(=O)NC1=NC(C)(c2cc(N)ccc2F)CC2(CCC2)O1. The minimum atomic E-state index is -0.871. The number of benzene rings is 1. The van der Waals surface area contributed by atoms with Gasteiger partial charge in [-0.25, -0.2) is 19.5 Å². The molecule has 3 rings (SSSR count). The molecule has 1 saturated carbocycles. The smallest absolute Gasteiger partial charge is 0.415 e. The topological polar surface area (TPSA) is 85.9 Å². The first-order valence-corrected chi connectivity index (χ1v) is 9.14. The van der Waals surface area contributed by atoms with Crippen LogP contribution in [0.2, 0.25) is 0 Å². The van der Waals surface area contributed by atoms with Crippen molar-refractivity contribution in [3.05, 3.63) is 29.6 Å². The monoisotopic (exact) mass is 363 g/mol. The van der Waals surface area contributed by atoms with Gasteiger partial charge in [0.1, 0.15) is 11.4 Å². The summed E-state index contributed by atoms with van der Waals surface area (Å²) in [7, 11) is 0. The van der Waals surface area contributed by atoms with E-state index in [1.165, 1.54) is 12.1 Å². The van der Waals surface area contributed by atoms with Crippen molar-refractivity contribution in [1.82, 2.24) is 5.32 Å². The molecule has 6 nitrogen and oxygen atoms in total. The molecule has 1 aromatic carbocycles. The van der Waals surface area contributed by atoms with Crippen molar-refractivity contribution in [1.29, 1.82) is 0 Å². The highest BCUT2D eigenvalue weighted by molar-refractivity contribution is 5.91. The van der Waals surface area contributed by atoms with Gasteiger partial charge in [-0.1, -0.05) is 13.3 Å². The Kier molecular flexibility index (Phi) is 5.07. The Morgan fingerprint density at radius 3 is 2.88 bits per heavy atom. The summed E-state index contributed by atoms with van der Waals surface area (Å²) in [6.07, 6.45) is 4.37. The van der Waals surface area contributed by atoms with E-state index in [1.54, 1.807) is 6.07 Å². The lowest BCUT2D eigenvalue weighted by Crippen LogP contribution is -2.54. The number of amides is 1. The van der Waals surface area contributed by atoms with E-state index in [4.69, 9.17) is 15.2 Å². The lowest BCUT2D eigenvalue weighted by molar-refractivity contribution is -0.0606. The van der Waals surface area contributed by atoms with Gasteiger partial charge in [0, 0.05) is 17.7 Å². The number of amidine groups is 1. The van der Waals surface area contributed by atoms with E-state index in [1.807, 2.05) is 13.8 Å². The lowest BCUT2D eigenvalue weighted by Gasteiger charge is -2.49. The fraction of sp³-hybridized carbons (Fsp3) is 0.579. The molecule has 1 spiro atoms. The number of hydrogen-bond donors (Lipinski definition) is 2. The summed E-state index contributed by atoms with van der Waals surface area (Å²) in [5, 5.41) is 2.57. The van der Waals surface area contributed by atoms with Gasteiger partial charge in [0.2, 0.25) is 0 Å². The summed E-state index contributed by atoms with van der Waals surface area (Å²) in [4.78, 5) is 16.5. The van der Waals surface area contributed by atoms with Crippen LogP contribution in [0.3, 0.4) is 0 Å². The third kappa shape index (κ3) is 3.76. The summed E-state index contributed by atoms with van der Waals surface area (Å²) in [6, 6.07) is 4.56. The Morgan fingerprint density at radius 1 is 1.46 bits per heavy atom. The fourth-order valence-corrected chi connectivity index (χ4v) is 3.60. The molecule has 1 aromatic rings. The van der Waals surface area contributed by atoms with Crippen molar-refractivity contribution in [2.75, 3.05) is 12.3 Å². The first-order valence-electron chi connectivity index (χ1n) is 9.14. The van der Waals surface area contributed by atoms with E-state index < -0.39 is 17.2 Å². The normalized spacial score (nSPS) is 23.6. The molecule has 142 valence electrons. The maximum absolute atomic E-state index is 14.5. The van der Waals surface area contributed by atoms with Crippen LogP contribution in [0.4, 0.5) is 14.9 Å². The standard InChI is InChI=1S/C19H26FN3O3/c1-3-4-10-25-17(24)22-16-23-18(2,12-19(26-16)8-5-9-19)14-11-13(21)6-7-15(14)20/h6-7,11H,3-5,8-10,12,21H2,1-2H3,(H,22,23,24). The maximum Gasteiger partial charge on any atom is 0.415 e. The number of halogens is 1. The highest BCUT2D eigenvalue weighted by Crippen LogP contribution is 2.49. The molecule has 1 heterocycles. The number of unbranched alkanes of at least 4 members (excludes halogenated alkanes) is 1. The zero-order valence-electron chi connectivity index (χ0n) is 15.3. The number of rotatable bonds is 4. The first kappa shape index (κ1) is 18.5. The predicted octanol–water partition coefficient (Wildman–Crippen LogP) is 3.85. The van der Waals surface area contributed by atoms with Crippen molar-refractivity contribution in [2.24, 2.45) is 4.99 Å². The zero-order valence-corrected chi connectivity index (χ0v) is 15.3. The molecule has 1 unspecified atom stereocenters. The van der Waals surface area contributed by atoms with E-state index in [9.17, 15) is 9.18 Å². The van der Waals surface area contributed by atoms with E-state index >= 15 is 0 Å². The number of ether oxygens (including phenoxy) is 2. The summed E-state index contributed by atoms with van der Waals surface area (Å²) in [5.41, 5.74) is 5.43.